The highest BCUT2D eigenvalue weighted by molar-refractivity contribution is 5.99. The Bertz CT molecular complexity index is 768. The summed E-state index contributed by atoms with van der Waals surface area (Å²) in [6.07, 6.45) is 4.34. The van der Waals surface area contributed by atoms with Gasteiger partial charge in [0.05, 0.1) is 18.3 Å². The van der Waals surface area contributed by atoms with E-state index in [1.54, 1.807) is 18.2 Å². The molecule has 0 N–H and O–H groups in total. The third-order valence-corrected chi connectivity index (χ3v) is 4.99. The van der Waals surface area contributed by atoms with Crippen molar-refractivity contribution in [2.24, 2.45) is 0 Å². The quantitative estimate of drug-likeness (QED) is 0.824. The van der Waals surface area contributed by atoms with Crippen LogP contribution in [0.3, 0.4) is 0 Å². The number of methoxy groups -OCH3 is 1. The summed E-state index contributed by atoms with van der Waals surface area (Å²) in [5.74, 6) is 0.882. The van der Waals surface area contributed by atoms with Gasteiger partial charge in [0.2, 0.25) is 5.91 Å². The van der Waals surface area contributed by atoms with Gasteiger partial charge in [-0.3, -0.25) is 14.7 Å². The van der Waals surface area contributed by atoms with Crippen molar-refractivity contribution in [3.63, 3.8) is 0 Å². The molecule has 6 nitrogen and oxygen atoms in total. The van der Waals surface area contributed by atoms with Crippen LogP contribution in [-0.4, -0.2) is 54.7 Å². The predicted octanol–water partition coefficient (Wildman–Crippen LogP) is 2.10. The maximum absolute atomic E-state index is 13.4. The number of hydrogen-bond acceptors (Lipinski definition) is 5. The Hall–Kier alpha value is -2.44. The van der Waals surface area contributed by atoms with Gasteiger partial charge in [-0.15, -0.1) is 0 Å². The normalized spacial score (nSPS) is 22.5. The number of benzene rings is 1. The van der Waals surface area contributed by atoms with Crippen molar-refractivity contribution in [3.8, 4) is 5.75 Å². The minimum Gasteiger partial charge on any atom is -0.487 e. The van der Waals surface area contributed by atoms with E-state index in [0.29, 0.717) is 26.1 Å². The highest BCUT2D eigenvalue weighted by Gasteiger charge is 2.42. The van der Waals surface area contributed by atoms with Crippen molar-refractivity contribution < 1.29 is 14.3 Å². The minimum absolute atomic E-state index is 0.0198. The number of anilines is 1. The molecule has 4 rings (SSSR count). The summed E-state index contributed by atoms with van der Waals surface area (Å²) < 4.78 is 11.5. The highest BCUT2D eigenvalue weighted by atomic mass is 16.5. The van der Waals surface area contributed by atoms with Crippen molar-refractivity contribution in [1.82, 2.24) is 9.88 Å². The molecule has 3 heterocycles. The van der Waals surface area contributed by atoms with Crippen LogP contribution in [0.4, 0.5) is 5.69 Å². The van der Waals surface area contributed by atoms with Gasteiger partial charge in [-0.2, -0.15) is 0 Å². The van der Waals surface area contributed by atoms with Crippen LogP contribution in [-0.2, 0) is 16.1 Å². The number of carbonyl (C=O) groups is 1. The molecule has 0 radical (unpaired) electrons. The molecular formula is C20H23N3O3. The maximum atomic E-state index is 13.4. The first-order valence-electron chi connectivity index (χ1n) is 8.95. The zero-order chi connectivity index (χ0) is 17.9. The van der Waals surface area contributed by atoms with E-state index in [1.807, 2.05) is 42.6 Å². The lowest BCUT2D eigenvalue weighted by molar-refractivity contribution is -0.123. The number of para-hydroxylation sites is 2. The van der Waals surface area contributed by atoms with Crippen molar-refractivity contribution in [3.05, 3.63) is 54.4 Å². The van der Waals surface area contributed by atoms with E-state index in [9.17, 15) is 4.79 Å². The van der Waals surface area contributed by atoms with Crippen LogP contribution >= 0.6 is 0 Å². The number of aromatic nitrogens is 1. The van der Waals surface area contributed by atoms with E-state index < -0.39 is 0 Å². The van der Waals surface area contributed by atoms with Gasteiger partial charge in [0.15, 0.2) is 0 Å². The average Bonchev–Trinajstić information content (AvgIpc) is 3.06. The summed E-state index contributed by atoms with van der Waals surface area (Å²) in [5, 5.41) is 0. The Morgan fingerprint density at radius 1 is 1.27 bits per heavy atom. The monoisotopic (exact) mass is 353 g/mol. The molecule has 1 aromatic heterocycles. The lowest BCUT2D eigenvalue weighted by Gasteiger charge is -2.31. The minimum atomic E-state index is -0.189. The van der Waals surface area contributed by atoms with Gasteiger partial charge in [-0.05, 0) is 23.8 Å². The second-order valence-electron chi connectivity index (χ2n) is 6.73. The zero-order valence-corrected chi connectivity index (χ0v) is 14.9. The molecule has 136 valence electrons. The Labute approximate surface area is 153 Å². The van der Waals surface area contributed by atoms with Crippen LogP contribution < -0.4 is 9.64 Å². The number of amides is 1. The van der Waals surface area contributed by atoms with E-state index in [2.05, 4.69) is 9.88 Å². The van der Waals surface area contributed by atoms with E-state index in [4.69, 9.17) is 9.47 Å². The Morgan fingerprint density at radius 2 is 2.15 bits per heavy atom. The molecule has 1 amide bonds. The number of pyridine rings is 1. The molecule has 2 aromatic rings. The third-order valence-electron chi connectivity index (χ3n) is 4.99. The van der Waals surface area contributed by atoms with Crippen molar-refractivity contribution in [2.45, 2.75) is 25.1 Å². The maximum Gasteiger partial charge on any atom is 0.244 e. The van der Waals surface area contributed by atoms with Gasteiger partial charge in [0.25, 0.3) is 0 Å². The van der Waals surface area contributed by atoms with Gasteiger partial charge in [-0.1, -0.05) is 18.2 Å². The van der Waals surface area contributed by atoms with E-state index >= 15 is 0 Å². The molecule has 0 unspecified atom stereocenters. The van der Waals surface area contributed by atoms with Gasteiger partial charge >= 0.3 is 0 Å². The van der Waals surface area contributed by atoms with Crippen molar-refractivity contribution in [2.75, 3.05) is 31.7 Å². The molecule has 6 heteroatoms. The molecule has 1 aromatic carbocycles. The fourth-order valence-corrected chi connectivity index (χ4v) is 3.78. The number of carbonyl (C=O) groups excluding carboxylic acids is 1. The molecule has 2 bridgehead atoms. The lowest BCUT2D eigenvalue weighted by Crippen LogP contribution is -2.47. The number of fused-ring (bicyclic) bond motifs is 3. The van der Waals surface area contributed by atoms with Crippen LogP contribution in [0.1, 0.15) is 12.0 Å². The largest absolute Gasteiger partial charge is 0.487 e. The summed E-state index contributed by atoms with van der Waals surface area (Å²) in [6, 6.07) is 11.5. The van der Waals surface area contributed by atoms with E-state index in [0.717, 1.165) is 23.5 Å². The molecular weight excluding hydrogens is 330 g/mol. The fraction of sp³-hybridized carbons (Fsp3) is 0.400. The van der Waals surface area contributed by atoms with Crippen molar-refractivity contribution in [1.29, 1.82) is 0 Å². The topological polar surface area (TPSA) is 54.9 Å². The van der Waals surface area contributed by atoms with Crippen LogP contribution in [0.15, 0.2) is 48.8 Å². The van der Waals surface area contributed by atoms with Crippen LogP contribution in [0, 0.1) is 0 Å². The third kappa shape index (κ3) is 3.30. The van der Waals surface area contributed by atoms with Crippen LogP contribution in [0.5, 0.6) is 5.75 Å². The van der Waals surface area contributed by atoms with E-state index in [1.165, 1.54) is 0 Å². The summed E-state index contributed by atoms with van der Waals surface area (Å²) >= 11 is 0. The first-order chi connectivity index (χ1) is 12.8. The first kappa shape index (κ1) is 17.0. The van der Waals surface area contributed by atoms with Gasteiger partial charge in [-0.25, -0.2) is 0 Å². The summed E-state index contributed by atoms with van der Waals surface area (Å²) in [6.45, 7) is 2.42. The highest BCUT2D eigenvalue weighted by Crippen LogP contribution is 2.36. The second kappa shape index (κ2) is 7.43. The molecule has 1 fully saturated rings. The Morgan fingerprint density at radius 3 is 2.96 bits per heavy atom. The zero-order valence-electron chi connectivity index (χ0n) is 14.9. The molecule has 2 atom stereocenters. The van der Waals surface area contributed by atoms with Crippen LogP contribution in [0.25, 0.3) is 0 Å². The molecule has 26 heavy (non-hydrogen) atoms. The molecule has 2 aliphatic rings. The number of hydrogen-bond donors (Lipinski definition) is 0. The number of rotatable bonds is 5. The smallest absolute Gasteiger partial charge is 0.244 e. The molecule has 1 saturated heterocycles. The number of ether oxygens (including phenoxy) is 2. The molecule has 0 spiro atoms. The second-order valence-corrected chi connectivity index (χ2v) is 6.73. The summed E-state index contributed by atoms with van der Waals surface area (Å²) in [7, 11) is 1.65. The van der Waals surface area contributed by atoms with Gasteiger partial charge in [0.1, 0.15) is 11.9 Å². The number of likely N-dealkylation sites (tertiary alicyclic amines) is 1. The predicted molar refractivity (Wildman–Crippen MR) is 98.1 cm³/mol. The molecule has 0 aliphatic carbocycles. The van der Waals surface area contributed by atoms with Crippen LogP contribution in [0.2, 0.25) is 0 Å². The summed E-state index contributed by atoms with van der Waals surface area (Å²) in [5.41, 5.74) is 1.93. The molecule has 2 aliphatic heterocycles. The fourth-order valence-electron chi connectivity index (χ4n) is 3.78. The average molecular weight is 353 g/mol. The van der Waals surface area contributed by atoms with E-state index in [-0.39, 0.29) is 18.1 Å². The van der Waals surface area contributed by atoms with Gasteiger partial charge in [0, 0.05) is 45.6 Å². The number of nitrogens with zero attached hydrogens (tertiary/aromatic N) is 3. The molecule has 0 saturated carbocycles. The van der Waals surface area contributed by atoms with Crippen molar-refractivity contribution >= 4 is 11.6 Å². The Kier molecular flexibility index (Phi) is 4.86. The standard InChI is InChI=1S/C20H23N3O3/c1-25-10-9-23-17-6-2-3-7-19(17)26-16-11-18(20(23)24)22(14-16)13-15-5-4-8-21-12-15/h2-8,12,16,18H,9-11,13-14H2,1H3/t16-,18-/m0/s1. The SMILES string of the molecule is COCCN1C(=O)[C@@H]2C[C@@H](CN2Cc2cccnc2)Oc2ccccc21. The van der Waals surface area contributed by atoms with Gasteiger partial charge < -0.3 is 14.4 Å². The summed E-state index contributed by atoms with van der Waals surface area (Å²) in [4.78, 5) is 21.6. The Balaban J connectivity index is 1.64. The lowest BCUT2D eigenvalue weighted by atomic mass is 10.1. The first-order valence-corrected chi connectivity index (χ1v) is 8.95.